The Morgan fingerprint density at radius 2 is 1.68 bits per heavy atom. The Balaban J connectivity index is 1.11. The van der Waals surface area contributed by atoms with Crippen LogP contribution in [-0.2, 0) is 17.4 Å². The summed E-state index contributed by atoms with van der Waals surface area (Å²) < 4.78 is 55.4. The van der Waals surface area contributed by atoms with E-state index in [9.17, 15) is 18.0 Å². The highest BCUT2D eigenvalue weighted by Crippen LogP contribution is 2.35. The third kappa shape index (κ3) is 6.01. The predicted octanol–water partition coefficient (Wildman–Crippen LogP) is 6.35. The highest BCUT2D eigenvalue weighted by molar-refractivity contribution is 5.78. The Kier molecular flexibility index (Phi) is 7.26. The molecule has 0 radical (unpaired) electrons. The van der Waals surface area contributed by atoms with E-state index < -0.39 is 11.7 Å². The molecular weight excluding hydrogens is 483 g/mol. The Hall–Kier alpha value is -3.68. The first kappa shape index (κ1) is 25.0. The molecule has 37 heavy (non-hydrogen) atoms. The zero-order chi connectivity index (χ0) is 25.8. The maximum Gasteiger partial charge on any atom is 0.416 e. The number of para-hydroxylation sites is 1. The number of hydrogen-bond donors (Lipinski definition) is 0. The summed E-state index contributed by atoms with van der Waals surface area (Å²) in [5.74, 6) is 2.53. The van der Waals surface area contributed by atoms with Crippen LogP contribution in [0.5, 0.6) is 17.2 Å². The lowest BCUT2D eigenvalue weighted by Gasteiger charge is -2.32. The number of nitrogens with zero attached hydrogens (tertiary/aromatic N) is 1. The molecule has 0 aromatic heterocycles. The summed E-state index contributed by atoms with van der Waals surface area (Å²) >= 11 is 0. The van der Waals surface area contributed by atoms with Crippen molar-refractivity contribution in [2.24, 2.45) is 5.92 Å². The second kappa shape index (κ2) is 10.7. The molecule has 194 valence electrons. The van der Waals surface area contributed by atoms with E-state index in [1.54, 1.807) is 24.3 Å². The number of fused-ring (bicyclic) bond motifs is 1. The van der Waals surface area contributed by atoms with E-state index >= 15 is 0 Å². The van der Waals surface area contributed by atoms with Crippen LogP contribution in [0.2, 0.25) is 0 Å². The van der Waals surface area contributed by atoms with Gasteiger partial charge >= 0.3 is 6.18 Å². The highest BCUT2D eigenvalue weighted by Gasteiger charge is 2.30. The number of carbonyl (C=O) groups excluding carboxylic acids is 1. The second-order valence-corrected chi connectivity index (χ2v) is 9.41. The maximum absolute atomic E-state index is 12.9. The van der Waals surface area contributed by atoms with Crippen LogP contribution in [0.25, 0.3) is 11.1 Å². The third-order valence-corrected chi connectivity index (χ3v) is 7.01. The lowest BCUT2D eigenvalue weighted by atomic mass is 9.90. The molecule has 0 unspecified atom stereocenters. The maximum atomic E-state index is 12.9. The smallest absolute Gasteiger partial charge is 0.416 e. The number of alkyl halides is 3. The van der Waals surface area contributed by atoms with Gasteiger partial charge in [0.15, 0.2) is 18.1 Å². The molecule has 0 saturated carbocycles. The average Bonchev–Trinajstić information content (AvgIpc) is 3.39. The standard InChI is InChI=1S/C29H28F3NO4/c30-29(31,32)23-10-8-22(9-11-23)24-3-1-2-4-25(24)35-18-28(34)33-15-13-20(14-16-33)5-6-21-7-12-26-27(17-21)37-19-36-26/h1-4,7-12,17,20H,5-6,13-16,18-19H2. The molecule has 5 rings (SSSR count). The average molecular weight is 512 g/mol. The number of ether oxygens (including phenoxy) is 3. The molecule has 8 heteroatoms. The molecule has 2 aliphatic rings. The minimum absolute atomic E-state index is 0.0866. The van der Waals surface area contributed by atoms with Crippen LogP contribution in [0.3, 0.4) is 0 Å². The zero-order valence-corrected chi connectivity index (χ0v) is 20.3. The van der Waals surface area contributed by atoms with Gasteiger partial charge in [0, 0.05) is 18.7 Å². The highest BCUT2D eigenvalue weighted by atomic mass is 19.4. The topological polar surface area (TPSA) is 48.0 Å². The first-order valence-corrected chi connectivity index (χ1v) is 12.4. The molecule has 3 aromatic carbocycles. The van der Waals surface area contributed by atoms with Gasteiger partial charge in [-0.05, 0) is 73.1 Å². The van der Waals surface area contributed by atoms with Gasteiger partial charge in [-0.3, -0.25) is 4.79 Å². The summed E-state index contributed by atoms with van der Waals surface area (Å²) in [6.45, 7) is 1.54. The van der Waals surface area contributed by atoms with Crippen LogP contribution >= 0.6 is 0 Å². The summed E-state index contributed by atoms with van der Waals surface area (Å²) in [6.07, 6.45) is -0.491. The Bertz CT molecular complexity index is 1230. The van der Waals surface area contributed by atoms with Crippen molar-refractivity contribution in [2.45, 2.75) is 31.9 Å². The largest absolute Gasteiger partial charge is 0.483 e. The quantitative estimate of drug-likeness (QED) is 0.371. The van der Waals surface area contributed by atoms with Gasteiger partial charge in [-0.1, -0.05) is 36.4 Å². The first-order valence-electron chi connectivity index (χ1n) is 12.4. The number of carbonyl (C=O) groups is 1. The van der Waals surface area contributed by atoms with Crippen LogP contribution in [0, 0.1) is 5.92 Å². The van der Waals surface area contributed by atoms with Crippen molar-refractivity contribution in [1.82, 2.24) is 4.90 Å². The fraction of sp³-hybridized carbons (Fsp3) is 0.345. The van der Waals surface area contributed by atoms with Crippen molar-refractivity contribution in [2.75, 3.05) is 26.5 Å². The molecule has 2 heterocycles. The van der Waals surface area contributed by atoms with E-state index in [4.69, 9.17) is 14.2 Å². The SMILES string of the molecule is O=C(COc1ccccc1-c1ccc(C(F)(F)F)cc1)N1CCC(CCc2ccc3c(c2)OCO3)CC1. The molecule has 2 aliphatic heterocycles. The van der Waals surface area contributed by atoms with Crippen molar-refractivity contribution >= 4 is 5.91 Å². The molecule has 0 aliphatic carbocycles. The molecule has 5 nitrogen and oxygen atoms in total. The number of benzene rings is 3. The minimum atomic E-state index is -4.39. The van der Waals surface area contributed by atoms with Crippen LogP contribution in [-0.4, -0.2) is 37.3 Å². The first-order chi connectivity index (χ1) is 17.9. The van der Waals surface area contributed by atoms with E-state index in [2.05, 4.69) is 6.07 Å². The van der Waals surface area contributed by atoms with Gasteiger partial charge in [0.25, 0.3) is 5.91 Å². The zero-order valence-electron chi connectivity index (χ0n) is 20.3. The number of piperidine rings is 1. The minimum Gasteiger partial charge on any atom is -0.483 e. The summed E-state index contributed by atoms with van der Waals surface area (Å²) in [6, 6.07) is 18.1. The molecule has 1 saturated heterocycles. The third-order valence-electron chi connectivity index (χ3n) is 7.01. The van der Waals surface area contributed by atoms with Crippen molar-refractivity contribution in [3.8, 4) is 28.4 Å². The molecular formula is C29H28F3NO4. The molecule has 0 spiro atoms. The monoisotopic (exact) mass is 511 g/mol. The summed E-state index contributed by atoms with van der Waals surface area (Å²) in [4.78, 5) is 14.6. The van der Waals surface area contributed by atoms with Crippen LogP contribution in [0.15, 0.2) is 66.7 Å². The Labute approximate surface area is 213 Å². The molecule has 0 bridgehead atoms. The van der Waals surface area contributed by atoms with Crippen molar-refractivity contribution in [3.05, 3.63) is 77.9 Å². The lowest BCUT2D eigenvalue weighted by molar-refractivity contribution is -0.137. The number of likely N-dealkylation sites (tertiary alicyclic amines) is 1. The van der Waals surface area contributed by atoms with Gasteiger partial charge < -0.3 is 19.1 Å². The normalized spacial score (nSPS) is 15.6. The number of halogens is 3. The van der Waals surface area contributed by atoms with Crippen molar-refractivity contribution in [3.63, 3.8) is 0 Å². The molecule has 0 atom stereocenters. The van der Waals surface area contributed by atoms with Gasteiger partial charge in [-0.15, -0.1) is 0 Å². The summed E-state index contributed by atoms with van der Waals surface area (Å²) in [5.41, 5.74) is 1.76. The Morgan fingerprint density at radius 3 is 2.43 bits per heavy atom. The number of amides is 1. The van der Waals surface area contributed by atoms with Crippen molar-refractivity contribution in [1.29, 1.82) is 0 Å². The van der Waals surface area contributed by atoms with Crippen molar-refractivity contribution < 1.29 is 32.2 Å². The van der Waals surface area contributed by atoms with E-state index in [-0.39, 0.29) is 19.3 Å². The summed E-state index contributed by atoms with van der Waals surface area (Å²) in [7, 11) is 0. The molecule has 3 aromatic rings. The summed E-state index contributed by atoms with van der Waals surface area (Å²) in [5, 5.41) is 0. The molecule has 1 amide bonds. The predicted molar refractivity (Wildman–Crippen MR) is 133 cm³/mol. The van der Waals surface area contributed by atoms with E-state index in [1.807, 2.05) is 17.0 Å². The number of hydrogen-bond acceptors (Lipinski definition) is 4. The Morgan fingerprint density at radius 1 is 0.946 bits per heavy atom. The fourth-order valence-corrected chi connectivity index (χ4v) is 4.84. The van der Waals surface area contributed by atoms with E-state index in [1.165, 1.54) is 17.7 Å². The van der Waals surface area contributed by atoms with Crippen LogP contribution < -0.4 is 14.2 Å². The van der Waals surface area contributed by atoms with Gasteiger partial charge in [0.1, 0.15) is 5.75 Å². The van der Waals surface area contributed by atoms with Gasteiger partial charge in [0.05, 0.1) is 5.56 Å². The van der Waals surface area contributed by atoms with E-state index in [0.29, 0.717) is 35.9 Å². The fourth-order valence-electron chi connectivity index (χ4n) is 4.84. The van der Waals surface area contributed by atoms with Gasteiger partial charge in [0.2, 0.25) is 6.79 Å². The van der Waals surface area contributed by atoms with Gasteiger partial charge in [-0.2, -0.15) is 13.2 Å². The van der Waals surface area contributed by atoms with E-state index in [0.717, 1.165) is 49.3 Å². The second-order valence-electron chi connectivity index (χ2n) is 9.41. The lowest BCUT2D eigenvalue weighted by Crippen LogP contribution is -2.41. The number of aryl methyl sites for hydroxylation is 1. The molecule has 0 N–H and O–H groups in total. The van der Waals surface area contributed by atoms with Gasteiger partial charge in [-0.25, -0.2) is 0 Å². The number of rotatable bonds is 7. The van der Waals surface area contributed by atoms with Crippen LogP contribution in [0.1, 0.15) is 30.4 Å². The molecule has 1 fully saturated rings. The van der Waals surface area contributed by atoms with Crippen LogP contribution in [0.4, 0.5) is 13.2 Å².